The summed E-state index contributed by atoms with van der Waals surface area (Å²) in [5.74, 6) is -1.10. The van der Waals surface area contributed by atoms with E-state index in [0.29, 0.717) is 6.42 Å². The first kappa shape index (κ1) is 16.1. The van der Waals surface area contributed by atoms with E-state index in [0.717, 1.165) is 5.56 Å². The number of carbonyl (C=O) groups is 1. The highest BCUT2D eigenvalue weighted by Crippen LogP contribution is 2.37. The first-order valence-corrected chi connectivity index (χ1v) is 6.92. The van der Waals surface area contributed by atoms with Crippen LogP contribution in [-0.2, 0) is 16.0 Å². The minimum absolute atomic E-state index is 0.0604. The summed E-state index contributed by atoms with van der Waals surface area (Å²) in [5, 5.41) is 10.2. The van der Waals surface area contributed by atoms with E-state index in [2.05, 4.69) is 20.7 Å². The summed E-state index contributed by atoms with van der Waals surface area (Å²) in [6.07, 6.45) is 0.558. The Morgan fingerprint density at radius 1 is 1.42 bits per heavy atom. The molecule has 0 aliphatic heterocycles. The number of ether oxygens (including phenoxy) is 1. The summed E-state index contributed by atoms with van der Waals surface area (Å²) < 4.78 is 16.4. The van der Waals surface area contributed by atoms with Gasteiger partial charge in [-0.05, 0) is 48.2 Å². The molecule has 106 valence electrons. The van der Waals surface area contributed by atoms with Crippen molar-refractivity contribution in [3.63, 3.8) is 0 Å². The smallest absolute Gasteiger partial charge is 0.358 e. The Balaban J connectivity index is 2.71. The van der Waals surface area contributed by atoms with Crippen LogP contribution < -0.4 is 0 Å². The molecule has 2 atom stereocenters. The zero-order chi connectivity index (χ0) is 14.5. The van der Waals surface area contributed by atoms with Crippen LogP contribution in [0.2, 0.25) is 0 Å². The topological polar surface area (TPSA) is 46.5 Å². The zero-order valence-electron chi connectivity index (χ0n) is 11.0. The predicted molar refractivity (Wildman–Crippen MR) is 74.8 cm³/mol. The highest BCUT2D eigenvalue weighted by Gasteiger charge is 2.53. The van der Waals surface area contributed by atoms with Crippen molar-refractivity contribution in [2.24, 2.45) is 0 Å². The lowest BCUT2D eigenvalue weighted by Gasteiger charge is -2.32. The SMILES string of the molecule is CCOC(=O)C(F)(Br)C(C)(O)CCc1ccccc1. The third-order valence-electron chi connectivity index (χ3n) is 2.95. The number of hydrogen-bond donors (Lipinski definition) is 1. The normalized spacial score (nSPS) is 17.3. The number of aliphatic hydroxyl groups is 1. The Morgan fingerprint density at radius 2 is 2.00 bits per heavy atom. The lowest BCUT2D eigenvalue weighted by Crippen LogP contribution is -2.51. The molecule has 5 heteroatoms. The Labute approximate surface area is 120 Å². The highest BCUT2D eigenvalue weighted by molar-refractivity contribution is 9.10. The van der Waals surface area contributed by atoms with E-state index in [1.807, 2.05) is 30.3 Å². The molecule has 1 N–H and O–H groups in total. The summed E-state index contributed by atoms with van der Waals surface area (Å²) in [5.41, 5.74) is -0.885. The maximum Gasteiger partial charge on any atom is 0.358 e. The Kier molecular flexibility index (Phi) is 5.50. The number of aryl methyl sites for hydroxylation is 1. The van der Waals surface area contributed by atoms with Crippen LogP contribution in [0.25, 0.3) is 0 Å². The second kappa shape index (κ2) is 6.48. The molecule has 1 rings (SSSR count). The number of halogens is 2. The minimum Gasteiger partial charge on any atom is -0.463 e. The number of alkyl halides is 2. The Morgan fingerprint density at radius 3 is 2.53 bits per heavy atom. The fraction of sp³-hybridized carbons (Fsp3) is 0.500. The molecule has 0 saturated carbocycles. The number of hydrogen-bond acceptors (Lipinski definition) is 3. The van der Waals surface area contributed by atoms with Crippen LogP contribution in [0.4, 0.5) is 4.39 Å². The largest absolute Gasteiger partial charge is 0.463 e. The first-order chi connectivity index (χ1) is 8.81. The molecule has 3 nitrogen and oxygen atoms in total. The van der Waals surface area contributed by atoms with Gasteiger partial charge in [0.15, 0.2) is 0 Å². The van der Waals surface area contributed by atoms with Gasteiger partial charge in [0.25, 0.3) is 4.58 Å². The number of esters is 1. The van der Waals surface area contributed by atoms with Crippen molar-refractivity contribution in [2.75, 3.05) is 6.61 Å². The number of benzene rings is 1. The van der Waals surface area contributed by atoms with E-state index >= 15 is 0 Å². The van der Waals surface area contributed by atoms with E-state index in [1.165, 1.54) is 6.92 Å². The molecule has 0 radical (unpaired) electrons. The summed E-state index contributed by atoms with van der Waals surface area (Å²) >= 11 is 2.65. The summed E-state index contributed by atoms with van der Waals surface area (Å²) in [6, 6.07) is 9.38. The molecule has 0 saturated heterocycles. The van der Waals surface area contributed by atoms with Crippen molar-refractivity contribution in [3.05, 3.63) is 35.9 Å². The van der Waals surface area contributed by atoms with Gasteiger partial charge < -0.3 is 9.84 Å². The van der Waals surface area contributed by atoms with Crippen molar-refractivity contribution < 1.29 is 19.0 Å². The molecule has 0 aromatic heterocycles. The van der Waals surface area contributed by atoms with E-state index in [-0.39, 0.29) is 13.0 Å². The van der Waals surface area contributed by atoms with E-state index in [1.54, 1.807) is 6.92 Å². The lowest BCUT2D eigenvalue weighted by atomic mass is 9.92. The van der Waals surface area contributed by atoms with Gasteiger partial charge in [-0.15, -0.1) is 0 Å². The lowest BCUT2D eigenvalue weighted by molar-refractivity contribution is -0.163. The van der Waals surface area contributed by atoms with Crippen LogP contribution in [0.15, 0.2) is 30.3 Å². The molecule has 0 bridgehead atoms. The molecule has 1 aromatic carbocycles. The number of rotatable bonds is 6. The quantitative estimate of drug-likeness (QED) is 0.643. The molecule has 19 heavy (non-hydrogen) atoms. The van der Waals surface area contributed by atoms with E-state index < -0.39 is 16.1 Å². The summed E-state index contributed by atoms with van der Waals surface area (Å²) in [6.45, 7) is 2.92. The van der Waals surface area contributed by atoms with Crippen molar-refractivity contribution >= 4 is 21.9 Å². The average molecular weight is 333 g/mol. The molecule has 0 amide bonds. The summed E-state index contributed by atoms with van der Waals surface area (Å²) in [7, 11) is 0. The van der Waals surface area contributed by atoms with Crippen LogP contribution in [0.3, 0.4) is 0 Å². The Hall–Kier alpha value is -0.940. The molecule has 0 fully saturated rings. The van der Waals surface area contributed by atoms with Crippen LogP contribution in [0, 0.1) is 0 Å². The minimum atomic E-state index is -2.61. The molecular weight excluding hydrogens is 315 g/mol. The van der Waals surface area contributed by atoms with Crippen molar-refractivity contribution in [1.82, 2.24) is 0 Å². The second-order valence-corrected chi connectivity index (χ2v) is 5.65. The zero-order valence-corrected chi connectivity index (χ0v) is 12.6. The average Bonchev–Trinajstić information content (AvgIpc) is 2.38. The van der Waals surface area contributed by atoms with Crippen LogP contribution in [0.5, 0.6) is 0 Å². The van der Waals surface area contributed by atoms with Gasteiger partial charge in [-0.2, -0.15) is 0 Å². The van der Waals surface area contributed by atoms with Gasteiger partial charge in [0.1, 0.15) is 5.60 Å². The monoisotopic (exact) mass is 332 g/mol. The first-order valence-electron chi connectivity index (χ1n) is 6.12. The molecule has 0 heterocycles. The third kappa shape index (κ3) is 4.01. The molecule has 2 unspecified atom stereocenters. The fourth-order valence-electron chi connectivity index (χ4n) is 1.63. The van der Waals surface area contributed by atoms with Gasteiger partial charge >= 0.3 is 5.97 Å². The number of carbonyl (C=O) groups excluding carboxylic acids is 1. The molecular formula is C14H18BrFO3. The van der Waals surface area contributed by atoms with Crippen molar-refractivity contribution in [2.45, 2.75) is 36.9 Å². The highest BCUT2D eigenvalue weighted by atomic mass is 79.9. The Bertz CT molecular complexity index is 418. The predicted octanol–water partition coefficient (Wildman–Crippen LogP) is 2.99. The maximum absolute atomic E-state index is 14.3. The van der Waals surface area contributed by atoms with Gasteiger partial charge in [0.2, 0.25) is 0 Å². The van der Waals surface area contributed by atoms with Crippen molar-refractivity contribution in [3.8, 4) is 0 Å². The van der Waals surface area contributed by atoms with E-state index in [4.69, 9.17) is 0 Å². The van der Waals surface area contributed by atoms with Gasteiger partial charge in [-0.25, -0.2) is 9.18 Å². The summed E-state index contributed by atoms with van der Waals surface area (Å²) in [4.78, 5) is 11.5. The van der Waals surface area contributed by atoms with Crippen LogP contribution >= 0.6 is 15.9 Å². The van der Waals surface area contributed by atoms with E-state index in [9.17, 15) is 14.3 Å². The second-order valence-electron chi connectivity index (χ2n) is 4.55. The molecule has 1 aromatic rings. The van der Waals surface area contributed by atoms with Crippen LogP contribution in [0.1, 0.15) is 25.8 Å². The van der Waals surface area contributed by atoms with Crippen molar-refractivity contribution in [1.29, 1.82) is 0 Å². The maximum atomic E-state index is 14.3. The molecule has 0 aliphatic rings. The fourth-order valence-corrected chi connectivity index (χ4v) is 1.94. The third-order valence-corrected chi connectivity index (χ3v) is 4.13. The van der Waals surface area contributed by atoms with Crippen LogP contribution in [-0.4, -0.2) is 27.9 Å². The molecule has 0 spiro atoms. The van der Waals surface area contributed by atoms with Gasteiger partial charge in [-0.3, -0.25) is 0 Å². The van der Waals surface area contributed by atoms with Gasteiger partial charge in [-0.1, -0.05) is 30.3 Å². The van der Waals surface area contributed by atoms with Gasteiger partial charge in [0.05, 0.1) is 6.61 Å². The standard InChI is InChI=1S/C14H18BrFO3/c1-3-19-12(17)14(15,16)13(2,18)10-9-11-7-5-4-6-8-11/h4-8,18H,3,9-10H2,1-2H3. The van der Waals surface area contributed by atoms with Gasteiger partial charge in [0, 0.05) is 0 Å². The molecule has 0 aliphatic carbocycles.